The van der Waals surface area contributed by atoms with Crippen LogP contribution in [0.15, 0.2) is 30.9 Å². The summed E-state index contributed by atoms with van der Waals surface area (Å²) in [7, 11) is 1.30. The minimum Gasteiger partial charge on any atom is -0.494 e. The molecular weight excluding hydrogens is 400 g/mol. The van der Waals surface area contributed by atoms with Gasteiger partial charge in [-0.2, -0.15) is 5.10 Å². The number of benzene rings is 1. The molecule has 0 unspecified atom stereocenters. The van der Waals surface area contributed by atoms with E-state index < -0.39 is 17.7 Å². The van der Waals surface area contributed by atoms with Gasteiger partial charge in [-0.15, -0.1) is 0 Å². The number of nitrogens with zero attached hydrogens (tertiary/aromatic N) is 4. The number of nitrogens with one attached hydrogen (secondary N) is 1. The normalized spacial score (nSPS) is 11.9. The van der Waals surface area contributed by atoms with Crippen LogP contribution in [0.2, 0.25) is 0 Å². The maximum Gasteiger partial charge on any atom is 0.227 e. The molecule has 0 aliphatic rings. The molecule has 11 heteroatoms. The van der Waals surface area contributed by atoms with Gasteiger partial charge < -0.3 is 25.0 Å². The molecule has 0 aliphatic carbocycles. The number of anilines is 2. The maximum absolute atomic E-state index is 14.3. The number of halogens is 2. The first-order valence-electron chi connectivity index (χ1n) is 8.96. The van der Waals surface area contributed by atoms with E-state index in [0.717, 1.165) is 0 Å². The van der Waals surface area contributed by atoms with Crippen LogP contribution in [-0.2, 0) is 13.2 Å². The van der Waals surface area contributed by atoms with Gasteiger partial charge in [-0.25, -0.2) is 18.7 Å². The first kappa shape index (κ1) is 21.4. The molecule has 3 N–H and O–H groups in total. The van der Waals surface area contributed by atoms with E-state index in [2.05, 4.69) is 20.4 Å². The molecule has 0 aliphatic heterocycles. The van der Waals surface area contributed by atoms with Gasteiger partial charge in [-0.3, -0.25) is 4.68 Å². The van der Waals surface area contributed by atoms with Crippen molar-refractivity contribution in [1.29, 1.82) is 0 Å². The maximum atomic E-state index is 14.3. The Morgan fingerprint density at radius 1 is 1.20 bits per heavy atom. The predicted octanol–water partition coefficient (Wildman–Crippen LogP) is 1.94. The highest BCUT2D eigenvalue weighted by Gasteiger charge is 2.18. The lowest BCUT2D eigenvalue weighted by Crippen LogP contribution is -2.19. The van der Waals surface area contributed by atoms with Crippen LogP contribution in [0.25, 0.3) is 0 Å². The molecule has 0 fully saturated rings. The Hall–Kier alpha value is -3.31. The predicted molar refractivity (Wildman–Crippen MR) is 103 cm³/mol. The molecule has 0 spiro atoms. The van der Waals surface area contributed by atoms with E-state index in [0.29, 0.717) is 5.69 Å². The number of aryl methyl sites for hydroxylation is 1. The van der Waals surface area contributed by atoms with Crippen LogP contribution in [0, 0.1) is 18.6 Å². The number of hydrogen-bond acceptors (Lipinski definition) is 8. The van der Waals surface area contributed by atoms with Crippen molar-refractivity contribution in [1.82, 2.24) is 19.7 Å². The van der Waals surface area contributed by atoms with Gasteiger partial charge >= 0.3 is 0 Å². The zero-order valence-electron chi connectivity index (χ0n) is 16.3. The van der Waals surface area contributed by atoms with Crippen LogP contribution in [0.1, 0.15) is 11.1 Å². The molecule has 30 heavy (non-hydrogen) atoms. The number of aliphatic hydroxyl groups is 2. The third-order valence-corrected chi connectivity index (χ3v) is 4.17. The van der Waals surface area contributed by atoms with E-state index >= 15 is 0 Å². The molecule has 160 valence electrons. The lowest BCUT2D eigenvalue weighted by molar-refractivity contribution is 0.0783. The van der Waals surface area contributed by atoms with Crippen molar-refractivity contribution >= 4 is 11.6 Å². The molecule has 1 aromatic carbocycles. The van der Waals surface area contributed by atoms with Crippen LogP contribution in [0.3, 0.4) is 0 Å². The molecule has 3 aromatic rings. The van der Waals surface area contributed by atoms with E-state index in [-0.39, 0.29) is 48.3 Å². The Morgan fingerprint density at radius 2 is 1.93 bits per heavy atom. The summed E-state index contributed by atoms with van der Waals surface area (Å²) in [6.07, 6.45) is 4.93. The minimum atomic E-state index is -0.909. The Kier molecular flexibility index (Phi) is 6.75. The second-order valence-corrected chi connectivity index (χ2v) is 6.45. The third-order valence-electron chi connectivity index (χ3n) is 4.17. The van der Waals surface area contributed by atoms with Gasteiger partial charge in [0.2, 0.25) is 5.95 Å². The standard InChI is InChI=1S/C19H21F2N5O4/c1-11-3-16(29-2)18(21)15(17(11)20)10-30-14-5-22-19(23-6-14)25-12-4-24-26(7-12)8-13(28)9-27/h3-7,13,27-28H,8-10H2,1-2H3,(H,22,23,25)/t13-/m1/s1. The zero-order valence-corrected chi connectivity index (χ0v) is 16.3. The fourth-order valence-electron chi connectivity index (χ4n) is 2.62. The number of aromatic nitrogens is 4. The summed E-state index contributed by atoms with van der Waals surface area (Å²) in [5, 5.41) is 25.2. The zero-order chi connectivity index (χ0) is 21.7. The van der Waals surface area contributed by atoms with E-state index in [1.165, 1.54) is 43.4 Å². The molecule has 0 saturated carbocycles. The molecule has 3 rings (SSSR count). The Balaban J connectivity index is 1.63. The first-order valence-corrected chi connectivity index (χ1v) is 8.96. The largest absolute Gasteiger partial charge is 0.494 e. The molecule has 0 amide bonds. The smallest absolute Gasteiger partial charge is 0.227 e. The molecule has 2 heterocycles. The van der Waals surface area contributed by atoms with Crippen molar-refractivity contribution < 1.29 is 28.5 Å². The van der Waals surface area contributed by atoms with Gasteiger partial charge in [-0.1, -0.05) is 0 Å². The van der Waals surface area contributed by atoms with Crippen molar-refractivity contribution in [3.05, 3.63) is 53.6 Å². The molecule has 0 bridgehead atoms. The van der Waals surface area contributed by atoms with Gasteiger partial charge in [0.25, 0.3) is 0 Å². The van der Waals surface area contributed by atoms with Crippen molar-refractivity contribution in [2.75, 3.05) is 19.0 Å². The van der Waals surface area contributed by atoms with E-state index in [9.17, 15) is 13.9 Å². The summed E-state index contributed by atoms with van der Waals surface area (Å²) in [4.78, 5) is 8.17. The Morgan fingerprint density at radius 3 is 2.60 bits per heavy atom. The van der Waals surface area contributed by atoms with Crippen LogP contribution in [0.4, 0.5) is 20.4 Å². The van der Waals surface area contributed by atoms with E-state index in [1.807, 2.05) is 0 Å². The molecule has 2 aromatic heterocycles. The summed E-state index contributed by atoms with van der Waals surface area (Å²) < 4.78 is 40.3. The number of ether oxygens (including phenoxy) is 2. The average molecular weight is 421 g/mol. The SMILES string of the molecule is COc1cc(C)c(F)c(COc2cnc(Nc3cnn(C[C@@H](O)CO)c3)nc2)c1F. The molecule has 0 saturated heterocycles. The third kappa shape index (κ3) is 4.99. The lowest BCUT2D eigenvalue weighted by atomic mass is 10.1. The van der Waals surface area contributed by atoms with Crippen LogP contribution < -0.4 is 14.8 Å². The van der Waals surface area contributed by atoms with Crippen molar-refractivity contribution in [3.8, 4) is 11.5 Å². The second kappa shape index (κ2) is 9.46. The first-order chi connectivity index (χ1) is 14.4. The molecule has 9 nitrogen and oxygen atoms in total. The second-order valence-electron chi connectivity index (χ2n) is 6.45. The van der Waals surface area contributed by atoms with Gasteiger partial charge in [0.15, 0.2) is 17.3 Å². The topological polar surface area (TPSA) is 115 Å². The van der Waals surface area contributed by atoms with Gasteiger partial charge in [0.1, 0.15) is 12.4 Å². The number of aliphatic hydroxyl groups excluding tert-OH is 2. The average Bonchev–Trinajstić information content (AvgIpc) is 3.18. The van der Waals surface area contributed by atoms with Gasteiger partial charge in [0, 0.05) is 6.20 Å². The minimum absolute atomic E-state index is 0.0599. The summed E-state index contributed by atoms with van der Waals surface area (Å²) in [6, 6.07) is 1.28. The summed E-state index contributed by atoms with van der Waals surface area (Å²) in [5.74, 6) is -1.10. The molecule has 0 radical (unpaired) electrons. The number of hydrogen-bond donors (Lipinski definition) is 3. The fourth-order valence-corrected chi connectivity index (χ4v) is 2.62. The highest BCUT2D eigenvalue weighted by atomic mass is 19.1. The van der Waals surface area contributed by atoms with Crippen LogP contribution >= 0.6 is 0 Å². The van der Waals surface area contributed by atoms with Crippen molar-refractivity contribution in [2.24, 2.45) is 0 Å². The Labute approximate surface area is 170 Å². The van der Waals surface area contributed by atoms with Crippen molar-refractivity contribution in [3.63, 3.8) is 0 Å². The molecular formula is C19H21F2N5O4. The van der Waals surface area contributed by atoms with E-state index in [1.54, 1.807) is 6.20 Å². The van der Waals surface area contributed by atoms with Crippen molar-refractivity contribution in [2.45, 2.75) is 26.2 Å². The summed E-state index contributed by atoms with van der Waals surface area (Å²) >= 11 is 0. The van der Waals surface area contributed by atoms with Gasteiger partial charge in [-0.05, 0) is 18.6 Å². The molecule has 1 atom stereocenters. The number of methoxy groups -OCH3 is 1. The van der Waals surface area contributed by atoms with Gasteiger partial charge in [0.05, 0.1) is 56.2 Å². The highest BCUT2D eigenvalue weighted by Crippen LogP contribution is 2.27. The fraction of sp³-hybridized carbons (Fsp3) is 0.316. The summed E-state index contributed by atoms with van der Waals surface area (Å²) in [5.41, 5.74) is 0.575. The quantitative estimate of drug-likeness (QED) is 0.480. The monoisotopic (exact) mass is 421 g/mol. The highest BCUT2D eigenvalue weighted by molar-refractivity contribution is 5.50. The van der Waals surface area contributed by atoms with Crippen LogP contribution in [-0.4, -0.2) is 49.8 Å². The summed E-state index contributed by atoms with van der Waals surface area (Å²) in [6.45, 7) is 0.932. The number of rotatable bonds is 9. The lowest BCUT2D eigenvalue weighted by Gasteiger charge is -2.12. The Bertz CT molecular complexity index is 997. The van der Waals surface area contributed by atoms with E-state index in [4.69, 9.17) is 14.6 Å². The van der Waals surface area contributed by atoms with Crippen LogP contribution in [0.5, 0.6) is 11.5 Å².